The fourth-order valence-electron chi connectivity index (χ4n) is 1.65. The van der Waals surface area contributed by atoms with Gasteiger partial charge in [-0.2, -0.15) is 0 Å². The normalized spacial score (nSPS) is 15.8. The van der Waals surface area contributed by atoms with Crippen molar-refractivity contribution in [1.29, 1.82) is 0 Å². The molecule has 1 aliphatic heterocycles. The summed E-state index contributed by atoms with van der Waals surface area (Å²) >= 11 is 0. The fourth-order valence-corrected chi connectivity index (χ4v) is 1.65. The number of fused-ring (bicyclic) bond motifs is 1. The highest BCUT2D eigenvalue weighted by Crippen LogP contribution is 2.23. The van der Waals surface area contributed by atoms with Crippen molar-refractivity contribution >= 4 is 11.5 Å². The molecule has 80 valence electrons. The molecular formula is C12H15NO2. The number of hydrogen-bond acceptors (Lipinski definition) is 3. The Labute approximate surface area is 89.2 Å². The predicted molar refractivity (Wildman–Crippen MR) is 58.3 cm³/mol. The SMILES string of the molecule is CC(C)(C)C(=O)C1=NCCc2occc21. The molecule has 1 aromatic heterocycles. The van der Waals surface area contributed by atoms with Gasteiger partial charge in [-0.15, -0.1) is 0 Å². The van der Waals surface area contributed by atoms with Gasteiger partial charge in [-0.25, -0.2) is 0 Å². The second-order valence-electron chi connectivity index (χ2n) is 4.82. The topological polar surface area (TPSA) is 42.6 Å². The molecule has 0 saturated carbocycles. The van der Waals surface area contributed by atoms with Crippen LogP contribution >= 0.6 is 0 Å². The maximum absolute atomic E-state index is 12.1. The number of aliphatic imine (C=N–C) groups is 1. The summed E-state index contributed by atoms with van der Waals surface area (Å²) in [5.41, 5.74) is 1.07. The van der Waals surface area contributed by atoms with Gasteiger partial charge in [0.1, 0.15) is 11.5 Å². The van der Waals surface area contributed by atoms with Crippen LogP contribution in [0.1, 0.15) is 32.1 Å². The monoisotopic (exact) mass is 205 g/mol. The minimum atomic E-state index is -0.384. The average molecular weight is 205 g/mol. The van der Waals surface area contributed by atoms with E-state index in [9.17, 15) is 4.79 Å². The van der Waals surface area contributed by atoms with Crippen LogP contribution in [0.15, 0.2) is 21.7 Å². The van der Waals surface area contributed by atoms with Gasteiger partial charge in [0.2, 0.25) is 0 Å². The highest BCUT2D eigenvalue weighted by atomic mass is 16.3. The van der Waals surface area contributed by atoms with Crippen LogP contribution in [-0.2, 0) is 11.2 Å². The molecule has 15 heavy (non-hydrogen) atoms. The zero-order valence-electron chi connectivity index (χ0n) is 9.33. The Morgan fingerprint density at radius 3 is 2.87 bits per heavy atom. The lowest BCUT2D eigenvalue weighted by Gasteiger charge is -2.19. The second-order valence-corrected chi connectivity index (χ2v) is 4.82. The van der Waals surface area contributed by atoms with Gasteiger partial charge in [-0.1, -0.05) is 20.8 Å². The largest absolute Gasteiger partial charge is 0.469 e. The average Bonchev–Trinajstić information content (AvgIpc) is 2.62. The van der Waals surface area contributed by atoms with Crippen molar-refractivity contribution in [2.45, 2.75) is 27.2 Å². The first-order valence-electron chi connectivity index (χ1n) is 5.16. The smallest absolute Gasteiger partial charge is 0.186 e. The van der Waals surface area contributed by atoms with Crippen molar-refractivity contribution in [3.63, 3.8) is 0 Å². The van der Waals surface area contributed by atoms with Crippen molar-refractivity contribution in [3.8, 4) is 0 Å². The molecule has 0 N–H and O–H groups in total. The molecule has 1 aliphatic rings. The molecule has 2 rings (SSSR count). The van der Waals surface area contributed by atoms with Crippen LogP contribution in [0.5, 0.6) is 0 Å². The summed E-state index contributed by atoms with van der Waals surface area (Å²) in [6, 6.07) is 1.83. The van der Waals surface area contributed by atoms with E-state index in [1.165, 1.54) is 0 Å². The number of rotatable bonds is 1. The van der Waals surface area contributed by atoms with E-state index < -0.39 is 0 Å². The molecule has 0 fully saturated rings. The van der Waals surface area contributed by atoms with Crippen LogP contribution in [0.25, 0.3) is 0 Å². The van der Waals surface area contributed by atoms with Gasteiger partial charge in [-0.05, 0) is 6.07 Å². The Hall–Kier alpha value is -1.38. The van der Waals surface area contributed by atoms with Gasteiger partial charge >= 0.3 is 0 Å². The maximum Gasteiger partial charge on any atom is 0.186 e. The van der Waals surface area contributed by atoms with E-state index in [-0.39, 0.29) is 11.2 Å². The minimum Gasteiger partial charge on any atom is -0.469 e. The first kappa shape index (κ1) is 10.1. The summed E-state index contributed by atoms with van der Waals surface area (Å²) < 4.78 is 5.32. The second kappa shape index (κ2) is 3.33. The van der Waals surface area contributed by atoms with E-state index >= 15 is 0 Å². The summed E-state index contributed by atoms with van der Waals surface area (Å²) in [6.07, 6.45) is 2.42. The summed E-state index contributed by atoms with van der Waals surface area (Å²) in [7, 11) is 0. The van der Waals surface area contributed by atoms with Crippen LogP contribution in [0.2, 0.25) is 0 Å². The third kappa shape index (κ3) is 1.74. The van der Waals surface area contributed by atoms with Gasteiger partial charge in [-0.3, -0.25) is 9.79 Å². The first-order chi connectivity index (χ1) is 7.00. The molecule has 2 heterocycles. The Morgan fingerprint density at radius 1 is 1.47 bits per heavy atom. The molecular weight excluding hydrogens is 190 g/mol. The zero-order valence-corrected chi connectivity index (χ0v) is 9.33. The summed E-state index contributed by atoms with van der Waals surface area (Å²) in [5.74, 6) is 0.974. The molecule has 3 nitrogen and oxygen atoms in total. The molecule has 0 spiro atoms. The molecule has 0 atom stereocenters. The third-order valence-electron chi connectivity index (χ3n) is 2.51. The summed E-state index contributed by atoms with van der Waals surface area (Å²) in [5, 5.41) is 0. The van der Waals surface area contributed by atoms with Gasteiger partial charge < -0.3 is 4.42 Å². The molecule has 0 amide bonds. The highest BCUT2D eigenvalue weighted by Gasteiger charge is 2.30. The molecule has 0 saturated heterocycles. The highest BCUT2D eigenvalue weighted by molar-refractivity contribution is 6.48. The number of hydrogen-bond donors (Lipinski definition) is 0. The summed E-state index contributed by atoms with van der Waals surface area (Å²) in [6.45, 7) is 6.38. The van der Waals surface area contributed by atoms with Crippen LogP contribution in [0.3, 0.4) is 0 Å². The lowest BCUT2D eigenvalue weighted by atomic mass is 9.85. The Balaban J connectivity index is 2.40. The number of carbonyl (C=O) groups excluding carboxylic acids is 1. The lowest BCUT2D eigenvalue weighted by molar-refractivity contribution is -0.119. The lowest BCUT2D eigenvalue weighted by Crippen LogP contribution is -2.31. The number of ketones is 1. The van der Waals surface area contributed by atoms with Crippen LogP contribution in [0, 0.1) is 5.41 Å². The Morgan fingerprint density at radius 2 is 2.20 bits per heavy atom. The van der Waals surface area contributed by atoms with E-state index in [1.54, 1.807) is 6.26 Å². The maximum atomic E-state index is 12.1. The van der Waals surface area contributed by atoms with Crippen LogP contribution in [0.4, 0.5) is 0 Å². The van der Waals surface area contributed by atoms with Crippen LogP contribution in [-0.4, -0.2) is 18.0 Å². The fraction of sp³-hybridized carbons (Fsp3) is 0.500. The van der Waals surface area contributed by atoms with Crippen molar-refractivity contribution in [2.24, 2.45) is 10.4 Å². The van der Waals surface area contributed by atoms with Gasteiger partial charge in [0.05, 0.1) is 6.26 Å². The standard InChI is InChI=1S/C12H15NO2/c1-12(2,3)11(14)10-8-5-7-15-9(8)4-6-13-10/h5,7H,4,6H2,1-3H3. The van der Waals surface area contributed by atoms with Crippen molar-refractivity contribution in [1.82, 2.24) is 0 Å². The van der Waals surface area contributed by atoms with E-state index in [1.807, 2.05) is 26.8 Å². The van der Waals surface area contributed by atoms with Crippen LogP contribution < -0.4 is 0 Å². The minimum absolute atomic E-state index is 0.0878. The van der Waals surface area contributed by atoms with E-state index in [4.69, 9.17) is 4.42 Å². The zero-order chi connectivity index (χ0) is 11.1. The van der Waals surface area contributed by atoms with E-state index in [0.717, 1.165) is 17.7 Å². The van der Waals surface area contributed by atoms with Gasteiger partial charge in [0, 0.05) is 23.9 Å². The van der Waals surface area contributed by atoms with Gasteiger partial charge in [0.25, 0.3) is 0 Å². The van der Waals surface area contributed by atoms with Crippen molar-refractivity contribution < 1.29 is 9.21 Å². The Kier molecular flexibility index (Phi) is 2.25. The summed E-state index contributed by atoms with van der Waals surface area (Å²) in [4.78, 5) is 16.4. The molecule has 0 aliphatic carbocycles. The number of furan rings is 1. The van der Waals surface area contributed by atoms with Gasteiger partial charge in [0.15, 0.2) is 5.78 Å². The third-order valence-corrected chi connectivity index (χ3v) is 2.51. The number of nitrogens with zero attached hydrogens (tertiary/aromatic N) is 1. The number of carbonyl (C=O) groups is 1. The molecule has 3 heteroatoms. The van der Waals surface area contributed by atoms with Crippen molar-refractivity contribution in [2.75, 3.05) is 6.54 Å². The first-order valence-corrected chi connectivity index (χ1v) is 5.16. The quantitative estimate of drug-likeness (QED) is 0.705. The molecule has 0 aromatic carbocycles. The number of Topliss-reactive ketones (excluding diaryl/α,β-unsaturated/α-hetero) is 1. The predicted octanol–water partition coefficient (Wildman–Crippen LogP) is 2.24. The molecule has 0 radical (unpaired) electrons. The molecule has 0 unspecified atom stereocenters. The van der Waals surface area contributed by atoms with Crippen molar-refractivity contribution in [3.05, 3.63) is 23.7 Å². The Bertz CT molecular complexity index is 421. The van der Waals surface area contributed by atoms with E-state index in [2.05, 4.69) is 4.99 Å². The molecule has 0 bridgehead atoms. The molecule has 1 aromatic rings. The van der Waals surface area contributed by atoms with E-state index in [0.29, 0.717) is 12.3 Å².